The second-order valence-corrected chi connectivity index (χ2v) is 14.8. The lowest BCUT2D eigenvalue weighted by molar-refractivity contribution is -0.149. The Hall–Kier alpha value is -4.13. The number of carbonyl (C=O) groups excluding carboxylic acids is 1. The molecule has 1 aliphatic carbocycles. The lowest BCUT2D eigenvalue weighted by Gasteiger charge is -2.29. The fraction of sp³-hybridized carbons (Fsp3) is 0.488. The second kappa shape index (κ2) is 15.8. The summed E-state index contributed by atoms with van der Waals surface area (Å²) in [5.41, 5.74) is 3.93. The highest BCUT2D eigenvalue weighted by molar-refractivity contribution is 5.93. The molecule has 7 nitrogen and oxygen atoms in total. The standard InChI is InChI=1S/C41H51NO6/c1-41(2,3)34-23-22-28(29(33(40(46)47)26-39(44)45)17-9-5-8-16-27-14-6-4-7-15-27)24-35(34)42-38(43)25-32-30-18-10-12-20-36(30)48-37-21-13-11-19-31(32)37/h10-13,18-24,27,29,32-33H,4-9,14-17,25-26H2,1-3H3,(H,42,43)(H,44,45)(H,46,47). The number of nitrogens with one attached hydrogen (secondary N) is 1. The highest BCUT2D eigenvalue weighted by atomic mass is 16.5. The summed E-state index contributed by atoms with van der Waals surface area (Å²) in [7, 11) is 0. The molecule has 3 N–H and O–H groups in total. The van der Waals surface area contributed by atoms with Gasteiger partial charge in [0.1, 0.15) is 11.5 Å². The first-order valence-electron chi connectivity index (χ1n) is 17.8. The van der Waals surface area contributed by atoms with Gasteiger partial charge in [0.05, 0.1) is 12.3 Å². The smallest absolute Gasteiger partial charge is 0.307 e. The molecule has 0 aromatic heterocycles. The first-order valence-corrected chi connectivity index (χ1v) is 17.8. The van der Waals surface area contributed by atoms with Crippen LogP contribution in [0.1, 0.15) is 132 Å². The number of benzene rings is 3. The van der Waals surface area contributed by atoms with Crippen LogP contribution in [0.25, 0.3) is 0 Å². The number of carbonyl (C=O) groups is 3. The van der Waals surface area contributed by atoms with Gasteiger partial charge in [-0.3, -0.25) is 14.4 Å². The van der Waals surface area contributed by atoms with E-state index in [0.717, 1.165) is 58.9 Å². The van der Waals surface area contributed by atoms with Crippen LogP contribution in [0.2, 0.25) is 0 Å². The van der Waals surface area contributed by atoms with Gasteiger partial charge in [0, 0.05) is 29.2 Å². The summed E-state index contributed by atoms with van der Waals surface area (Å²) in [6.07, 6.45) is 11.1. The number of aliphatic carboxylic acids is 2. The van der Waals surface area contributed by atoms with E-state index in [9.17, 15) is 24.6 Å². The largest absolute Gasteiger partial charge is 0.481 e. The van der Waals surface area contributed by atoms with Gasteiger partial charge >= 0.3 is 11.9 Å². The van der Waals surface area contributed by atoms with E-state index in [1.807, 2.05) is 66.7 Å². The highest BCUT2D eigenvalue weighted by Crippen LogP contribution is 2.46. The molecule has 3 aromatic rings. The number of para-hydroxylation sites is 2. The SMILES string of the molecule is CC(C)(C)c1ccc(C(CCCCCC2CCCCC2)C(CC(=O)O)C(=O)O)cc1NC(=O)CC1c2ccccc2Oc2ccccc21. The minimum Gasteiger partial charge on any atom is -0.481 e. The average molecular weight is 654 g/mol. The maximum Gasteiger partial charge on any atom is 0.307 e. The molecule has 0 bridgehead atoms. The Bertz CT molecular complexity index is 1540. The van der Waals surface area contributed by atoms with Crippen molar-refractivity contribution >= 4 is 23.5 Å². The number of hydrogen-bond donors (Lipinski definition) is 3. The first kappa shape index (κ1) is 35.2. The van der Waals surface area contributed by atoms with Gasteiger partial charge in [-0.25, -0.2) is 0 Å². The van der Waals surface area contributed by atoms with E-state index in [0.29, 0.717) is 12.1 Å². The van der Waals surface area contributed by atoms with Crippen LogP contribution in [0.3, 0.4) is 0 Å². The van der Waals surface area contributed by atoms with Crippen molar-refractivity contribution in [3.63, 3.8) is 0 Å². The van der Waals surface area contributed by atoms with Crippen LogP contribution in [0, 0.1) is 11.8 Å². The number of carboxylic acid groups (broad SMARTS) is 2. The van der Waals surface area contributed by atoms with E-state index in [2.05, 4.69) is 26.1 Å². The van der Waals surface area contributed by atoms with Crippen molar-refractivity contribution < 1.29 is 29.3 Å². The Kier molecular flexibility index (Phi) is 11.6. The van der Waals surface area contributed by atoms with Crippen molar-refractivity contribution in [1.29, 1.82) is 0 Å². The normalized spacial score (nSPS) is 16.2. The molecule has 0 saturated heterocycles. The molecule has 1 fully saturated rings. The number of carboxylic acids is 2. The van der Waals surface area contributed by atoms with Crippen molar-refractivity contribution in [1.82, 2.24) is 0 Å². The number of fused-ring (bicyclic) bond motifs is 2. The van der Waals surface area contributed by atoms with Crippen molar-refractivity contribution in [2.75, 3.05) is 5.32 Å². The summed E-state index contributed by atoms with van der Waals surface area (Å²) in [4.78, 5) is 38.2. The van der Waals surface area contributed by atoms with Gasteiger partial charge < -0.3 is 20.3 Å². The highest BCUT2D eigenvalue weighted by Gasteiger charge is 2.33. The van der Waals surface area contributed by atoms with Crippen molar-refractivity contribution in [2.24, 2.45) is 11.8 Å². The molecule has 0 radical (unpaired) electrons. The number of anilines is 1. The first-order chi connectivity index (χ1) is 23.0. The number of amides is 1. The summed E-state index contributed by atoms with van der Waals surface area (Å²) in [5.74, 6) is -1.86. The molecule has 3 aromatic carbocycles. The number of ether oxygens (including phenoxy) is 1. The molecule has 2 unspecified atom stereocenters. The van der Waals surface area contributed by atoms with Crippen molar-refractivity contribution in [3.05, 3.63) is 89.0 Å². The van der Waals surface area contributed by atoms with Crippen molar-refractivity contribution in [3.8, 4) is 11.5 Å². The fourth-order valence-corrected chi connectivity index (χ4v) is 7.80. The van der Waals surface area contributed by atoms with Gasteiger partial charge in [0.25, 0.3) is 0 Å². The topological polar surface area (TPSA) is 113 Å². The monoisotopic (exact) mass is 653 g/mol. The Balaban J connectivity index is 1.39. The van der Waals surface area contributed by atoms with Gasteiger partial charge in [0.15, 0.2) is 0 Å². The van der Waals surface area contributed by atoms with E-state index in [1.54, 1.807) is 0 Å². The minimum atomic E-state index is -1.12. The lowest BCUT2D eigenvalue weighted by atomic mass is 9.78. The Morgan fingerprint density at radius 1 is 0.854 bits per heavy atom. The predicted molar refractivity (Wildman–Crippen MR) is 189 cm³/mol. The van der Waals surface area contributed by atoms with Gasteiger partial charge in [-0.2, -0.15) is 0 Å². The third-order valence-electron chi connectivity index (χ3n) is 10.3. The molecule has 5 rings (SSSR count). The molecule has 1 saturated carbocycles. The molecular weight excluding hydrogens is 602 g/mol. The summed E-state index contributed by atoms with van der Waals surface area (Å²) < 4.78 is 6.14. The lowest BCUT2D eigenvalue weighted by Crippen LogP contribution is -2.26. The van der Waals surface area contributed by atoms with E-state index in [4.69, 9.17) is 4.74 Å². The van der Waals surface area contributed by atoms with Crippen LogP contribution in [0.15, 0.2) is 66.7 Å². The zero-order valence-corrected chi connectivity index (χ0v) is 28.7. The predicted octanol–water partition coefficient (Wildman–Crippen LogP) is 10.0. The maximum atomic E-state index is 13.9. The van der Waals surface area contributed by atoms with Crippen LogP contribution in [0.5, 0.6) is 11.5 Å². The second-order valence-electron chi connectivity index (χ2n) is 14.8. The van der Waals surface area contributed by atoms with Crippen LogP contribution < -0.4 is 10.1 Å². The van der Waals surface area contributed by atoms with Crippen LogP contribution in [0.4, 0.5) is 5.69 Å². The molecule has 0 spiro atoms. The summed E-state index contributed by atoms with van der Waals surface area (Å²) in [5, 5.41) is 23.1. The molecule has 2 atom stereocenters. The van der Waals surface area contributed by atoms with Gasteiger partial charge in [-0.05, 0) is 53.0 Å². The Labute approximate surface area is 285 Å². The molecule has 48 heavy (non-hydrogen) atoms. The van der Waals surface area contributed by atoms with Crippen LogP contribution in [-0.2, 0) is 19.8 Å². The van der Waals surface area contributed by atoms with E-state index in [-0.39, 0.29) is 23.7 Å². The van der Waals surface area contributed by atoms with E-state index in [1.165, 1.54) is 38.5 Å². The Morgan fingerprint density at radius 2 is 1.50 bits per heavy atom. The van der Waals surface area contributed by atoms with Gasteiger partial charge in [-0.15, -0.1) is 0 Å². The average Bonchev–Trinajstić information content (AvgIpc) is 3.05. The third-order valence-corrected chi connectivity index (χ3v) is 10.3. The maximum absolute atomic E-state index is 13.9. The van der Waals surface area contributed by atoms with Crippen LogP contribution >= 0.6 is 0 Å². The molecule has 7 heteroatoms. The van der Waals surface area contributed by atoms with Crippen molar-refractivity contribution in [2.45, 2.75) is 115 Å². The fourth-order valence-electron chi connectivity index (χ4n) is 7.80. The molecule has 256 valence electrons. The van der Waals surface area contributed by atoms with E-state index >= 15 is 0 Å². The summed E-state index contributed by atoms with van der Waals surface area (Å²) >= 11 is 0. The zero-order chi connectivity index (χ0) is 34.3. The van der Waals surface area contributed by atoms with Gasteiger partial charge in [0.2, 0.25) is 5.91 Å². The molecule has 1 aliphatic heterocycles. The zero-order valence-electron chi connectivity index (χ0n) is 28.7. The molecule has 1 heterocycles. The Morgan fingerprint density at radius 3 is 2.10 bits per heavy atom. The summed E-state index contributed by atoms with van der Waals surface area (Å²) in [6.45, 7) is 6.24. The van der Waals surface area contributed by atoms with Gasteiger partial charge in [-0.1, -0.05) is 127 Å². The number of unbranched alkanes of at least 4 members (excludes halogenated alkanes) is 2. The van der Waals surface area contributed by atoms with Crippen LogP contribution in [-0.4, -0.2) is 28.1 Å². The molecule has 1 amide bonds. The minimum absolute atomic E-state index is 0.159. The third kappa shape index (κ3) is 8.86. The molecule has 2 aliphatic rings. The quantitative estimate of drug-likeness (QED) is 0.149. The van der Waals surface area contributed by atoms with E-state index < -0.39 is 30.2 Å². The molecular formula is C41H51NO6. The summed E-state index contributed by atoms with van der Waals surface area (Å²) in [6, 6.07) is 21.4. The number of hydrogen-bond acceptors (Lipinski definition) is 4. The number of rotatable bonds is 14.